The van der Waals surface area contributed by atoms with Crippen molar-refractivity contribution in [3.05, 3.63) is 59.1 Å². The number of likely N-dealkylation sites (N-methyl/N-ethyl adjacent to an activating group) is 1. The summed E-state index contributed by atoms with van der Waals surface area (Å²) in [5.41, 5.74) is 3.10. The van der Waals surface area contributed by atoms with Crippen molar-refractivity contribution in [2.45, 2.75) is 39.2 Å². The molecule has 0 radical (unpaired) electrons. The largest absolute Gasteiger partial charge is 0.464 e. The third kappa shape index (κ3) is 4.99. The molecular weight excluding hydrogens is 449 g/mol. The van der Waals surface area contributed by atoms with E-state index in [1.807, 2.05) is 6.92 Å². The van der Waals surface area contributed by atoms with E-state index in [-0.39, 0.29) is 23.7 Å². The maximum absolute atomic E-state index is 13.9. The number of benzene rings is 1. The van der Waals surface area contributed by atoms with Crippen molar-refractivity contribution in [3.8, 4) is 6.01 Å². The van der Waals surface area contributed by atoms with Crippen LogP contribution in [0.4, 0.5) is 10.2 Å². The second kappa shape index (κ2) is 10.4. The second-order valence-electron chi connectivity index (χ2n) is 8.84. The topological polar surface area (TPSA) is 78.9 Å². The van der Waals surface area contributed by atoms with Crippen LogP contribution in [-0.4, -0.2) is 77.5 Å². The Labute approximate surface area is 205 Å². The first kappa shape index (κ1) is 24.6. The third-order valence-corrected chi connectivity index (χ3v) is 6.79. The van der Waals surface area contributed by atoms with Crippen molar-refractivity contribution >= 4 is 17.6 Å². The third-order valence-electron chi connectivity index (χ3n) is 6.79. The van der Waals surface area contributed by atoms with E-state index in [9.17, 15) is 14.0 Å². The molecule has 9 heteroatoms. The van der Waals surface area contributed by atoms with Crippen molar-refractivity contribution in [1.29, 1.82) is 0 Å². The van der Waals surface area contributed by atoms with Crippen LogP contribution in [0.5, 0.6) is 6.01 Å². The number of hydrogen-bond acceptors (Lipinski definition) is 6. The molecule has 2 aliphatic rings. The fourth-order valence-corrected chi connectivity index (χ4v) is 4.87. The summed E-state index contributed by atoms with van der Waals surface area (Å²) in [6.07, 6.45) is 3.10. The van der Waals surface area contributed by atoms with Gasteiger partial charge in [0.25, 0.3) is 5.91 Å². The summed E-state index contributed by atoms with van der Waals surface area (Å²) in [6, 6.07) is 4.48. The first-order valence-electron chi connectivity index (χ1n) is 12.1. The van der Waals surface area contributed by atoms with Crippen molar-refractivity contribution in [3.63, 3.8) is 0 Å². The van der Waals surface area contributed by atoms with Gasteiger partial charge in [-0.1, -0.05) is 13.5 Å². The average molecular weight is 482 g/mol. The van der Waals surface area contributed by atoms with E-state index in [2.05, 4.69) is 18.4 Å². The summed E-state index contributed by atoms with van der Waals surface area (Å²) in [4.78, 5) is 40.1. The van der Waals surface area contributed by atoms with Crippen molar-refractivity contribution < 1.29 is 18.7 Å². The number of hydrogen-bond donors (Lipinski definition) is 0. The van der Waals surface area contributed by atoms with Gasteiger partial charge in [-0.3, -0.25) is 9.59 Å². The second-order valence-corrected chi connectivity index (χ2v) is 8.84. The van der Waals surface area contributed by atoms with Crippen molar-refractivity contribution in [2.75, 3.05) is 44.7 Å². The molecule has 1 atom stereocenters. The van der Waals surface area contributed by atoms with Gasteiger partial charge >= 0.3 is 6.01 Å². The van der Waals surface area contributed by atoms with E-state index in [1.54, 1.807) is 22.9 Å². The molecular formula is C26H32FN5O3. The van der Waals surface area contributed by atoms with E-state index in [0.717, 1.165) is 22.6 Å². The summed E-state index contributed by atoms with van der Waals surface area (Å²) >= 11 is 0. The lowest BCUT2D eigenvalue weighted by molar-refractivity contribution is -0.126. The van der Waals surface area contributed by atoms with E-state index in [0.29, 0.717) is 63.6 Å². The van der Waals surface area contributed by atoms with Crippen LogP contribution in [0.15, 0.2) is 30.9 Å². The number of ether oxygens (including phenoxy) is 1. The summed E-state index contributed by atoms with van der Waals surface area (Å²) in [7, 11) is 1.78. The van der Waals surface area contributed by atoms with Crippen molar-refractivity contribution in [1.82, 2.24) is 19.8 Å². The minimum Gasteiger partial charge on any atom is -0.464 e. The minimum atomic E-state index is -0.342. The van der Waals surface area contributed by atoms with Crippen LogP contribution in [0, 0.1) is 5.82 Å². The number of nitrogens with zero attached hydrogens (tertiary/aromatic N) is 5. The molecule has 2 aliphatic heterocycles. The molecule has 1 aromatic heterocycles. The molecule has 1 saturated heterocycles. The number of rotatable bonds is 7. The molecule has 0 unspecified atom stereocenters. The quantitative estimate of drug-likeness (QED) is 0.566. The highest BCUT2D eigenvalue weighted by atomic mass is 19.1. The SMILES string of the molecule is C=CC(=O)N1CCN(c2nc(OCC)nc(C[C@@H]3Cc4cc(F)ccc4C(=O)N3C)c2CC)CC1. The van der Waals surface area contributed by atoms with Gasteiger partial charge in [0.05, 0.1) is 12.3 Å². The summed E-state index contributed by atoms with van der Waals surface area (Å²) in [6.45, 7) is 10.4. The maximum Gasteiger partial charge on any atom is 0.318 e. The minimum absolute atomic E-state index is 0.0690. The van der Waals surface area contributed by atoms with Gasteiger partial charge in [-0.15, -0.1) is 0 Å². The standard InChI is InChI=1S/C26H32FN5O3/c1-5-20-22(16-19-15-17-14-18(27)8-9-21(17)25(34)30(19)4)28-26(35-7-3)29-24(20)32-12-10-31(11-13-32)23(33)6-2/h6,8-9,14,19H,2,5,7,10-13,15-16H2,1,3-4H3/t19-/m0/s1. The predicted octanol–water partition coefficient (Wildman–Crippen LogP) is 2.65. The lowest BCUT2D eigenvalue weighted by Crippen LogP contribution is -2.49. The van der Waals surface area contributed by atoms with Gasteiger partial charge in [0, 0.05) is 56.8 Å². The number of aromatic nitrogens is 2. The normalized spacial score (nSPS) is 17.9. The number of carbonyl (C=O) groups excluding carboxylic acids is 2. The van der Waals surface area contributed by atoms with Crippen LogP contribution in [0.2, 0.25) is 0 Å². The van der Waals surface area contributed by atoms with Gasteiger partial charge in [0.2, 0.25) is 5.91 Å². The highest BCUT2D eigenvalue weighted by Gasteiger charge is 2.32. The molecule has 8 nitrogen and oxygen atoms in total. The lowest BCUT2D eigenvalue weighted by Gasteiger charge is -2.37. The average Bonchev–Trinajstić information content (AvgIpc) is 2.86. The van der Waals surface area contributed by atoms with E-state index in [1.165, 1.54) is 18.2 Å². The molecule has 0 N–H and O–H groups in total. The van der Waals surface area contributed by atoms with Gasteiger partial charge in [-0.2, -0.15) is 9.97 Å². The Morgan fingerprint density at radius 3 is 2.63 bits per heavy atom. The Morgan fingerprint density at radius 1 is 1.23 bits per heavy atom. The van der Waals surface area contributed by atoms with Crippen LogP contribution in [0.3, 0.4) is 0 Å². The Morgan fingerprint density at radius 2 is 1.97 bits per heavy atom. The summed E-state index contributed by atoms with van der Waals surface area (Å²) in [5, 5.41) is 0. The number of anilines is 1. The molecule has 1 fully saturated rings. The molecule has 2 amide bonds. The first-order valence-corrected chi connectivity index (χ1v) is 12.1. The van der Waals surface area contributed by atoms with Crippen LogP contribution in [0.1, 0.15) is 41.0 Å². The van der Waals surface area contributed by atoms with E-state index >= 15 is 0 Å². The van der Waals surface area contributed by atoms with Crippen LogP contribution in [-0.2, 0) is 24.1 Å². The molecule has 0 saturated carbocycles. The fourth-order valence-electron chi connectivity index (χ4n) is 4.87. The Bertz CT molecular complexity index is 1130. The molecule has 2 aromatic rings. The molecule has 4 rings (SSSR count). The Kier molecular flexibility index (Phi) is 7.33. The van der Waals surface area contributed by atoms with E-state index < -0.39 is 0 Å². The number of halogens is 1. The summed E-state index contributed by atoms with van der Waals surface area (Å²) < 4.78 is 19.6. The van der Waals surface area contributed by atoms with Gasteiger partial charge in [0.1, 0.15) is 11.6 Å². The van der Waals surface area contributed by atoms with Crippen molar-refractivity contribution in [2.24, 2.45) is 0 Å². The fraction of sp³-hybridized carbons (Fsp3) is 0.462. The maximum atomic E-state index is 13.9. The van der Waals surface area contributed by atoms with Gasteiger partial charge in [0.15, 0.2) is 0 Å². The van der Waals surface area contributed by atoms with Crippen LogP contribution >= 0.6 is 0 Å². The molecule has 0 aliphatic carbocycles. The predicted molar refractivity (Wildman–Crippen MR) is 131 cm³/mol. The lowest BCUT2D eigenvalue weighted by atomic mass is 9.90. The molecule has 1 aromatic carbocycles. The summed E-state index contributed by atoms with van der Waals surface area (Å²) in [5.74, 6) is 0.283. The smallest absolute Gasteiger partial charge is 0.318 e. The highest BCUT2D eigenvalue weighted by molar-refractivity contribution is 5.97. The zero-order valence-corrected chi connectivity index (χ0v) is 20.6. The Hall–Kier alpha value is -3.49. The number of piperazine rings is 1. The number of amides is 2. The zero-order valence-electron chi connectivity index (χ0n) is 20.6. The van der Waals surface area contributed by atoms with Gasteiger partial charge < -0.3 is 19.4 Å². The van der Waals surface area contributed by atoms with Crippen LogP contribution in [0.25, 0.3) is 0 Å². The monoisotopic (exact) mass is 481 g/mol. The molecule has 0 bridgehead atoms. The van der Waals surface area contributed by atoms with E-state index in [4.69, 9.17) is 14.7 Å². The molecule has 3 heterocycles. The highest BCUT2D eigenvalue weighted by Crippen LogP contribution is 2.30. The number of fused-ring (bicyclic) bond motifs is 1. The molecule has 35 heavy (non-hydrogen) atoms. The molecule has 0 spiro atoms. The van der Waals surface area contributed by atoms with Crippen LogP contribution < -0.4 is 9.64 Å². The molecule has 186 valence electrons. The number of carbonyl (C=O) groups is 2. The first-order chi connectivity index (χ1) is 16.9. The van der Waals surface area contributed by atoms with Gasteiger partial charge in [-0.25, -0.2) is 4.39 Å². The van der Waals surface area contributed by atoms with Gasteiger partial charge in [-0.05, 0) is 49.6 Å². The zero-order chi connectivity index (χ0) is 25.1. The Balaban J connectivity index is 1.65.